The lowest BCUT2D eigenvalue weighted by Gasteiger charge is -2.18. The molecule has 1 aliphatic rings. The first-order valence-electron chi connectivity index (χ1n) is 3.35. The lowest BCUT2D eigenvalue weighted by Crippen LogP contribution is -2.54. The van der Waals surface area contributed by atoms with Crippen molar-refractivity contribution in [3.63, 3.8) is 0 Å². The van der Waals surface area contributed by atoms with E-state index in [1.807, 2.05) is 0 Å². The quantitative estimate of drug-likeness (QED) is 0.362. The second kappa shape index (κ2) is 2.94. The Morgan fingerprint density at radius 2 is 1.77 bits per heavy atom. The standard InChI is InChI=1S/C6H6N2O5/c9-5-3-1-2-4-6(5,7(10)11)8(12)13/h1-5,9H. The maximum absolute atomic E-state index is 10.4. The minimum absolute atomic E-state index is 0.762. The zero-order valence-electron chi connectivity index (χ0n) is 6.36. The molecule has 0 saturated carbocycles. The second-order valence-electron chi connectivity index (χ2n) is 2.49. The highest BCUT2D eigenvalue weighted by atomic mass is 16.7. The molecule has 13 heavy (non-hydrogen) atoms. The van der Waals surface area contributed by atoms with E-state index in [9.17, 15) is 20.2 Å². The van der Waals surface area contributed by atoms with E-state index < -0.39 is 21.6 Å². The maximum atomic E-state index is 10.4. The summed E-state index contributed by atoms with van der Waals surface area (Å²) < 4.78 is 0. The van der Waals surface area contributed by atoms with Gasteiger partial charge in [-0.1, -0.05) is 12.2 Å². The van der Waals surface area contributed by atoms with Gasteiger partial charge in [0.25, 0.3) is 0 Å². The molecule has 7 heteroatoms. The Morgan fingerprint density at radius 3 is 2.08 bits per heavy atom. The SMILES string of the molecule is O=[N+]([O-])C1([N+](=O)[O-])C=CC=CC1O. The fraction of sp³-hybridized carbons (Fsp3) is 0.333. The number of hydrogen-bond acceptors (Lipinski definition) is 5. The van der Waals surface area contributed by atoms with Crippen molar-refractivity contribution in [1.29, 1.82) is 0 Å². The van der Waals surface area contributed by atoms with Gasteiger partial charge in [-0.15, -0.1) is 0 Å². The molecule has 0 saturated heterocycles. The van der Waals surface area contributed by atoms with E-state index in [2.05, 4.69) is 0 Å². The molecule has 7 nitrogen and oxygen atoms in total. The van der Waals surface area contributed by atoms with Crippen molar-refractivity contribution in [2.24, 2.45) is 0 Å². The predicted molar refractivity (Wildman–Crippen MR) is 41.0 cm³/mol. The Balaban J connectivity index is 3.19. The molecular weight excluding hydrogens is 180 g/mol. The Morgan fingerprint density at radius 1 is 1.23 bits per heavy atom. The van der Waals surface area contributed by atoms with Gasteiger partial charge in [0.2, 0.25) is 6.10 Å². The Labute approximate surface area is 72.3 Å². The molecule has 1 aliphatic carbocycles. The topological polar surface area (TPSA) is 107 Å². The summed E-state index contributed by atoms with van der Waals surface area (Å²) in [5, 5.41) is 30.0. The number of nitro groups is 2. The van der Waals surface area contributed by atoms with Crippen LogP contribution in [0, 0.1) is 20.2 Å². The summed E-state index contributed by atoms with van der Waals surface area (Å²) in [6, 6.07) is 0. The molecule has 0 spiro atoms. The van der Waals surface area contributed by atoms with Crippen molar-refractivity contribution in [2.45, 2.75) is 11.8 Å². The summed E-state index contributed by atoms with van der Waals surface area (Å²) in [5.41, 5.74) is -2.63. The van der Waals surface area contributed by atoms with E-state index in [1.165, 1.54) is 6.08 Å². The summed E-state index contributed by atoms with van der Waals surface area (Å²) >= 11 is 0. The lowest BCUT2D eigenvalue weighted by molar-refractivity contribution is -0.788. The number of rotatable bonds is 2. The monoisotopic (exact) mass is 186 g/mol. The Hall–Kier alpha value is -1.76. The fourth-order valence-electron chi connectivity index (χ4n) is 1.01. The maximum Gasteiger partial charge on any atom is 0.506 e. The van der Waals surface area contributed by atoms with Crippen LogP contribution in [-0.2, 0) is 0 Å². The first kappa shape index (κ1) is 9.33. The highest BCUT2D eigenvalue weighted by Gasteiger charge is 2.60. The first-order chi connectivity index (χ1) is 6.01. The molecule has 0 aliphatic heterocycles. The fourth-order valence-corrected chi connectivity index (χ4v) is 1.01. The van der Waals surface area contributed by atoms with Gasteiger partial charge in [0.1, 0.15) is 9.85 Å². The largest absolute Gasteiger partial charge is 0.506 e. The summed E-state index contributed by atoms with van der Waals surface area (Å²) in [4.78, 5) is 18.7. The van der Waals surface area contributed by atoms with Crippen LogP contribution >= 0.6 is 0 Å². The first-order valence-corrected chi connectivity index (χ1v) is 3.35. The zero-order valence-corrected chi connectivity index (χ0v) is 6.36. The van der Waals surface area contributed by atoms with Crippen LogP contribution in [0.15, 0.2) is 24.3 Å². The third kappa shape index (κ3) is 1.18. The Bertz CT molecular complexity index is 294. The summed E-state index contributed by atoms with van der Waals surface area (Å²) in [6.45, 7) is 0. The number of aliphatic hydroxyl groups excluding tert-OH is 1. The van der Waals surface area contributed by atoms with Gasteiger partial charge >= 0.3 is 5.66 Å². The van der Waals surface area contributed by atoms with Crippen molar-refractivity contribution in [1.82, 2.24) is 0 Å². The summed E-state index contributed by atoms with van der Waals surface area (Å²) in [7, 11) is 0. The van der Waals surface area contributed by atoms with Gasteiger partial charge in [-0.05, 0) is 6.08 Å². The normalized spacial score (nSPS) is 24.2. The van der Waals surface area contributed by atoms with Gasteiger partial charge in [0, 0.05) is 0 Å². The molecule has 1 N–H and O–H groups in total. The van der Waals surface area contributed by atoms with E-state index in [0.717, 1.165) is 18.2 Å². The number of hydrogen-bond donors (Lipinski definition) is 1. The number of nitrogens with zero attached hydrogens (tertiary/aromatic N) is 2. The van der Waals surface area contributed by atoms with Crippen LogP contribution in [0.2, 0.25) is 0 Å². The van der Waals surface area contributed by atoms with Crippen molar-refractivity contribution in [3.05, 3.63) is 44.5 Å². The average molecular weight is 186 g/mol. The molecule has 1 atom stereocenters. The molecule has 0 amide bonds. The molecule has 0 bridgehead atoms. The van der Waals surface area contributed by atoms with Crippen molar-refractivity contribution in [3.8, 4) is 0 Å². The van der Waals surface area contributed by atoms with Crippen LogP contribution in [-0.4, -0.2) is 26.7 Å². The van der Waals surface area contributed by atoms with E-state index in [4.69, 9.17) is 5.11 Å². The van der Waals surface area contributed by atoms with Crippen LogP contribution in [0.25, 0.3) is 0 Å². The van der Waals surface area contributed by atoms with Crippen LogP contribution in [0.5, 0.6) is 0 Å². The molecule has 1 rings (SSSR count). The summed E-state index contributed by atoms with van der Waals surface area (Å²) in [6.07, 6.45) is 2.51. The second-order valence-corrected chi connectivity index (χ2v) is 2.49. The van der Waals surface area contributed by atoms with Crippen LogP contribution < -0.4 is 0 Å². The molecule has 0 aromatic rings. The van der Waals surface area contributed by atoms with Gasteiger partial charge in [-0.25, -0.2) is 0 Å². The average Bonchev–Trinajstić information content (AvgIpc) is 2.04. The smallest absolute Gasteiger partial charge is 0.375 e. The van der Waals surface area contributed by atoms with Crippen LogP contribution in [0.1, 0.15) is 0 Å². The molecule has 0 aromatic heterocycles. The van der Waals surface area contributed by atoms with Crippen molar-refractivity contribution in [2.75, 3.05) is 0 Å². The highest BCUT2D eigenvalue weighted by Crippen LogP contribution is 2.22. The molecule has 1 unspecified atom stereocenters. The zero-order chi connectivity index (χ0) is 10.1. The third-order valence-electron chi connectivity index (χ3n) is 1.77. The summed E-state index contributed by atoms with van der Waals surface area (Å²) in [5.74, 6) is 0. The van der Waals surface area contributed by atoms with E-state index in [-0.39, 0.29) is 0 Å². The van der Waals surface area contributed by atoms with E-state index in [1.54, 1.807) is 0 Å². The van der Waals surface area contributed by atoms with Crippen molar-refractivity contribution >= 4 is 0 Å². The molecule has 0 radical (unpaired) electrons. The number of allylic oxidation sites excluding steroid dienone is 2. The minimum atomic E-state index is -2.63. The molecule has 70 valence electrons. The van der Waals surface area contributed by atoms with Gasteiger partial charge in [-0.2, -0.15) is 0 Å². The van der Waals surface area contributed by atoms with Gasteiger partial charge in [0.05, 0.1) is 6.08 Å². The lowest BCUT2D eigenvalue weighted by atomic mass is 9.99. The molecule has 0 fully saturated rings. The predicted octanol–water partition coefficient (Wildman–Crippen LogP) is -0.277. The highest BCUT2D eigenvalue weighted by molar-refractivity contribution is 5.19. The van der Waals surface area contributed by atoms with Gasteiger partial charge in [0.15, 0.2) is 0 Å². The van der Waals surface area contributed by atoms with Crippen LogP contribution in [0.4, 0.5) is 0 Å². The Kier molecular flexibility index (Phi) is 2.11. The van der Waals surface area contributed by atoms with E-state index in [0.29, 0.717) is 0 Å². The van der Waals surface area contributed by atoms with Crippen LogP contribution in [0.3, 0.4) is 0 Å². The van der Waals surface area contributed by atoms with Gasteiger partial charge in [-0.3, -0.25) is 20.2 Å². The van der Waals surface area contributed by atoms with Gasteiger partial charge < -0.3 is 5.11 Å². The molecule has 0 aromatic carbocycles. The minimum Gasteiger partial charge on any atom is -0.375 e. The van der Waals surface area contributed by atoms with E-state index >= 15 is 0 Å². The number of aliphatic hydroxyl groups is 1. The van der Waals surface area contributed by atoms with Crippen molar-refractivity contribution < 1.29 is 15.0 Å². The molecular formula is C6H6N2O5. The molecule has 0 heterocycles. The third-order valence-corrected chi connectivity index (χ3v) is 1.77.